The zero-order chi connectivity index (χ0) is 17.6. The Morgan fingerprint density at radius 2 is 1.57 bits per heavy atom. The summed E-state index contributed by atoms with van der Waals surface area (Å²) in [5.74, 6) is -2.06. The van der Waals surface area contributed by atoms with Gasteiger partial charge in [-0.25, -0.2) is 17.2 Å². The SMILES string of the molecule is CCN(CC)CCN(CC(C)C)S(=O)(=O)c1c(F)cccc1F. The molecule has 0 aliphatic rings. The van der Waals surface area contributed by atoms with Gasteiger partial charge in [0.25, 0.3) is 0 Å². The molecule has 0 N–H and O–H groups in total. The monoisotopic (exact) mass is 348 g/mol. The van der Waals surface area contributed by atoms with Gasteiger partial charge in [0.05, 0.1) is 0 Å². The molecule has 0 saturated carbocycles. The topological polar surface area (TPSA) is 40.6 Å². The number of sulfonamides is 1. The van der Waals surface area contributed by atoms with Crippen LogP contribution in [0.5, 0.6) is 0 Å². The van der Waals surface area contributed by atoms with Crippen LogP contribution in [0.3, 0.4) is 0 Å². The summed E-state index contributed by atoms with van der Waals surface area (Å²) in [4.78, 5) is 1.21. The van der Waals surface area contributed by atoms with Gasteiger partial charge < -0.3 is 4.90 Å². The molecule has 23 heavy (non-hydrogen) atoms. The van der Waals surface area contributed by atoms with Crippen molar-refractivity contribution in [2.24, 2.45) is 5.92 Å². The van der Waals surface area contributed by atoms with E-state index in [1.165, 1.54) is 4.31 Å². The molecule has 0 radical (unpaired) electrons. The first-order valence-corrected chi connectivity index (χ1v) is 9.34. The van der Waals surface area contributed by atoms with Gasteiger partial charge in [0, 0.05) is 19.6 Å². The Bertz CT molecular complexity index is 582. The van der Waals surface area contributed by atoms with Crippen LogP contribution < -0.4 is 0 Å². The van der Waals surface area contributed by atoms with Crippen LogP contribution in [0.4, 0.5) is 8.78 Å². The second-order valence-electron chi connectivity index (χ2n) is 5.83. The van der Waals surface area contributed by atoms with Crippen molar-refractivity contribution in [3.63, 3.8) is 0 Å². The molecule has 7 heteroatoms. The molecule has 0 aliphatic carbocycles. The summed E-state index contributed by atoms with van der Waals surface area (Å²) in [6.45, 7) is 10.3. The normalized spacial score (nSPS) is 12.6. The Labute approximate surface area is 138 Å². The fourth-order valence-corrected chi connectivity index (χ4v) is 4.07. The minimum absolute atomic E-state index is 0.0521. The van der Waals surface area contributed by atoms with Gasteiger partial charge in [0.1, 0.15) is 11.6 Å². The van der Waals surface area contributed by atoms with Crippen LogP contribution in [0.15, 0.2) is 23.1 Å². The van der Waals surface area contributed by atoms with E-state index >= 15 is 0 Å². The first-order valence-electron chi connectivity index (χ1n) is 7.90. The van der Waals surface area contributed by atoms with Crippen LogP contribution in [0.25, 0.3) is 0 Å². The molecule has 1 rings (SSSR count). The quantitative estimate of drug-likeness (QED) is 0.689. The van der Waals surface area contributed by atoms with Crippen molar-refractivity contribution in [3.8, 4) is 0 Å². The Hall–Kier alpha value is -1.05. The number of nitrogens with zero attached hydrogens (tertiary/aromatic N) is 2. The second kappa shape index (κ2) is 8.70. The summed E-state index contributed by atoms with van der Waals surface area (Å²) in [7, 11) is -4.21. The molecule has 4 nitrogen and oxygen atoms in total. The average molecular weight is 348 g/mol. The van der Waals surface area contributed by atoms with Crippen LogP contribution >= 0.6 is 0 Å². The van der Waals surface area contributed by atoms with Crippen LogP contribution in [0, 0.1) is 17.6 Å². The van der Waals surface area contributed by atoms with Gasteiger partial charge in [-0.05, 0) is 31.1 Å². The molecule has 0 aliphatic heterocycles. The van der Waals surface area contributed by atoms with E-state index in [2.05, 4.69) is 4.90 Å². The van der Waals surface area contributed by atoms with Crippen LogP contribution in [0.2, 0.25) is 0 Å². The van der Waals surface area contributed by atoms with E-state index < -0.39 is 26.6 Å². The lowest BCUT2D eigenvalue weighted by molar-refractivity contribution is 0.261. The molecule has 0 amide bonds. The van der Waals surface area contributed by atoms with Gasteiger partial charge in [-0.1, -0.05) is 33.8 Å². The molecule has 0 unspecified atom stereocenters. The van der Waals surface area contributed by atoms with Crippen LogP contribution in [-0.4, -0.2) is 50.3 Å². The van der Waals surface area contributed by atoms with Crippen molar-refractivity contribution < 1.29 is 17.2 Å². The number of rotatable bonds is 9. The predicted octanol–water partition coefficient (Wildman–Crippen LogP) is 2.95. The zero-order valence-corrected chi connectivity index (χ0v) is 15.0. The third kappa shape index (κ3) is 5.22. The summed E-state index contributed by atoms with van der Waals surface area (Å²) in [6.07, 6.45) is 0. The standard InChI is InChI=1S/C16H26F2N2O2S/c1-5-19(6-2)10-11-20(12-13(3)4)23(21,22)16-14(17)8-7-9-15(16)18/h7-9,13H,5-6,10-12H2,1-4H3. The maximum absolute atomic E-state index is 13.9. The van der Waals surface area contributed by atoms with Gasteiger partial charge in [0.15, 0.2) is 4.90 Å². The molecule has 1 aromatic rings. The summed E-state index contributed by atoms with van der Waals surface area (Å²) < 4.78 is 54.5. The lowest BCUT2D eigenvalue weighted by Crippen LogP contribution is -2.41. The molecular weight excluding hydrogens is 322 g/mol. The second-order valence-corrected chi connectivity index (χ2v) is 7.71. The Morgan fingerprint density at radius 3 is 2.00 bits per heavy atom. The lowest BCUT2D eigenvalue weighted by atomic mass is 10.2. The highest BCUT2D eigenvalue weighted by Crippen LogP contribution is 2.23. The molecule has 0 spiro atoms. The number of hydrogen-bond acceptors (Lipinski definition) is 3. The van der Waals surface area contributed by atoms with Crippen molar-refractivity contribution in [2.75, 3.05) is 32.7 Å². The predicted molar refractivity (Wildman–Crippen MR) is 87.7 cm³/mol. The molecule has 0 bridgehead atoms. The van der Waals surface area contributed by atoms with Gasteiger partial charge in [0.2, 0.25) is 10.0 Å². The summed E-state index contributed by atoms with van der Waals surface area (Å²) >= 11 is 0. The molecule has 0 saturated heterocycles. The third-order valence-corrected chi connectivity index (χ3v) is 5.56. The Morgan fingerprint density at radius 1 is 1.04 bits per heavy atom. The molecule has 132 valence electrons. The van der Waals surface area contributed by atoms with Crippen LogP contribution in [-0.2, 0) is 10.0 Å². The number of hydrogen-bond donors (Lipinski definition) is 0. The average Bonchev–Trinajstić information content (AvgIpc) is 2.46. The van der Waals surface area contributed by atoms with Crippen molar-refractivity contribution in [1.82, 2.24) is 9.21 Å². The van der Waals surface area contributed by atoms with Crippen LogP contribution in [0.1, 0.15) is 27.7 Å². The maximum Gasteiger partial charge on any atom is 0.248 e. The maximum atomic E-state index is 13.9. The van der Waals surface area contributed by atoms with E-state index in [1.54, 1.807) is 0 Å². The Kier molecular flexibility index (Phi) is 7.57. The molecule has 0 atom stereocenters. The minimum atomic E-state index is -4.21. The van der Waals surface area contributed by atoms with E-state index in [4.69, 9.17) is 0 Å². The summed E-state index contributed by atoms with van der Waals surface area (Å²) in [6, 6.07) is 3.09. The third-order valence-electron chi connectivity index (χ3n) is 3.65. The highest BCUT2D eigenvalue weighted by Gasteiger charge is 2.31. The molecule has 0 heterocycles. The minimum Gasteiger partial charge on any atom is -0.303 e. The van der Waals surface area contributed by atoms with E-state index in [-0.39, 0.29) is 19.0 Å². The summed E-state index contributed by atoms with van der Waals surface area (Å²) in [5, 5.41) is 0. The van der Waals surface area contributed by atoms with Gasteiger partial charge in [-0.3, -0.25) is 0 Å². The number of benzene rings is 1. The lowest BCUT2D eigenvalue weighted by Gasteiger charge is -2.27. The fraction of sp³-hybridized carbons (Fsp3) is 0.625. The van der Waals surface area contributed by atoms with E-state index in [9.17, 15) is 17.2 Å². The van der Waals surface area contributed by atoms with E-state index in [0.717, 1.165) is 31.3 Å². The smallest absolute Gasteiger partial charge is 0.248 e. The Balaban J connectivity index is 3.14. The van der Waals surface area contributed by atoms with E-state index in [1.807, 2.05) is 27.7 Å². The first-order chi connectivity index (χ1) is 10.7. The van der Waals surface area contributed by atoms with Gasteiger partial charge >= 0.3 is 0 Å². The zero-order valence-electron chi connectivity index (χ0n) is 14.2. The van der Waals surface area contributed by atoms with E-state index in [0.29, 0.717) is 6.54 Å². The molecular formula is C16H26F2N2O2S. The number of likely N-dealkylation sites (N-methyl/N-ethyl adjacent to an activating group) is 1. The molecule has 1 aromatic carbocycles. The molecule has 0 fully saturated rings. The van der Waals surface area contributed by atoms with Gasteiger partial charge in [-0.2, -0.15) is 4.31 Å². The fourth-order valence-electron chi connectivity index (χ4n) is 2.37. The van der Waals surface area contributed by atoms with Crippen molar-refractivity contribution in [2.45, 2.75) is 32.6 Å². The largest absolute Gasteiger partial charge is 0.303 e. The number of halogens is 2. The molecule has 0 aromatic heterocycles. The summed E-state index contributed by atoms with van der Waals surface area (Å²) in [5.41, 5.74) is 0. The highest BCUT2D eigenvalue weighted by atomic mass is 32.2. The van der Waals surface area contributed by atoms with Crippen molar-refractivity contribution in [1.29, 1.82) is 0 Å². The van der Waals surface area contributed by atoms with Crippen molar-refractivity contribution in [3.05, 3.63) is 29.8 Å². The highest BCUT2D eigenvalue weighted by molar-refractivity contribution is 7.89. The first kappa shape index (κ1) is 20.0. The van der Waals surface area contributed by atoms with Crippen molar-refractivity contribution >= 4 is 10.0 Å². The van der Waals surface area contributed by atoms with Gasteiger partial charge in [-0.15, -0.1) is 0 Å².